The smallest absolute Gasteiger partial charge is 0.405 e. The fourth-order valence-electron chi connectivity index (χ4n) is 3.16. The van der Waals surface area contributed by atoms with Crippen LogP contribution in [-0.2, 0) is 7.05 Å². The highest BCUT2D eigenvalue weighted by Gasteiger charge is 2.29. The summed E-state index contributed by atoms with van der Waals surface area (Å²) in [7, 11) is 1.88. The minimum absolute atomic E-state index is 0.0901. The molecular formula is C19H20BN2O+. The summed E-state index contributed by atoms with van der Waals surface area (Å²) in [5.41, 5.74) is 2.90. The van der Waals surface area contributed by atoms with Crippen LogP contribution in [0.5, 0.6) is 0 Å². The van der Waals surface area contributed by atoms with Crippen LogP contribution in [0.15, 0.2) is 40.9 Å². The van der Waals surface area contributed by atoms with Gasteiger partial charge < -0.3 is 4.42 Å². The molecule has 0 saturated heterocycles. The largest absolute Gasteiger partial charge is 0.457 e. The van der Waals surface area contributed by atoms with Crippen LogP contribution >= 0.6 is 0 Å². The first kappa shape index (κ1) is 11.1. The van der Waals surface area contributed by atoms with Crippen LogP contribution < -0.4 is 20.0 Å². The number of nitrogens with zero attached hydrogens (tertiary/aromatic N) is 2. The predicted octanol–water partition coefficient (Wildman–Crippen LogP) is 2.07. The third kappa shape index (κ3) is 2.17. The van der Waals surface area contributed by atoms with Gasteiger partial charge in [0.1, 0.15) is 11.0 Å². The summed E-state index contributed by atoms with van der Waals surface area (Å²) < 4.78 is 31.0. The van der Waals surface area contributed by atoms with E-state index in [0.717, 1.165) is 33.0 Å². The Kier molecular flexibility index (Phi) is 2.42. The van der Waals surface area contributed by atoms with Crippen molar-refractivity contribution in [3.63, 3.8) is 0 Å². The summed E-state index contributed by atoms with van der Waals surface area (Å²) in [6.45, 7) is 1.92. The molecular weight excluding hydrogens is 283 g/mol. The highest BCUT2D eigenvalue weighted by atomic mass is 16.3. The van der Waals surface area contributed by atoms with Gasteiger partial charge in [0.25, 0.3) is 5.82 Å². The zero-order chi connectivity index (χ0) is 18.6. The number of aryl methyl sites for hydroxylation is 3. The molecule has 0 amide bonds. The van der Waals surface area contributed by atoms with Crippen LogP contribution in [0.25, 0.3) is 23.1 Å². The number of aromatic nitrogens is 1. The Morgan fingerprint density at radius 3 is 2.91 bits per heavy atom. The minimum Gasteiger partial charge on any atom is -0.457 e. The van der Waals surface area contributed by atoms with Gasteiger partial charge in [0.05, 0.1) is 24.7 Å². The number of hydrogen-bond acceptors (Lipinski definition) is 2. The molecule has 2 aromatic heterocycles. The first-order chi connectivity index (χ1) is 12.3. The Hall–Kier alpha value is -2.49. The van der Waals surface area contributed by atoms with Crippen LogP contribution in [0.2, 0.25) is 6.82 Å². The molecule has 3 heterocycles. The Balaban J connectivity index is 1.90. The van der Waals surface area contributed by atoms with Gasteiger partial charge in [-0.1, -0.05) is 18.2 Å². The van der Waals surface area contributed by atoms with Crippen molar-refractivity contribution in [1.29, 1.82) is 0 Å². The molecule has 1 aromatic carbocycles. The maximum Gasteiger partial charge on any atom is 0.405 e. The van der Waals surface area contributed by atoms with E-state index in [0.29, 0.717) is 5.56 Å². The standard InChI is InChI=1S/C19H20BN2O/c1-13-9-19(21(4)11-14(13)2)22-12-16-15-7-5-6-8-17(15)23-18(16)10-20(22)3/h5-12H,1-4H3/q+1/i2D3. The van der Waals surface area contributed by atoms with Crippen molar-refractivity contribution >= 4 is 35.8 Å². The van der Waals surface area contributed by atoms with Crippen LogP contribution in [0.3, 0.4) is 0 Å². The van der Waals surface area contributed by atoms with Crippen LogP contribution in [0.4, 0.5) is 5.82 Å². The van der Waals surface area contributed by atoms with Crippen molar-refractivity contribution in [3.05, 3.63) is 58.3 Å². The summed E-state index contributed by atoms with van der Waals surface area (Å²) in [5.74, 6) is 3.04. The summed E-state index contributed by atoms with van der Waals surface area (Å²) in [6.07, 6.45) is 3.80. The second-order valence-corrected chi connectivity index (χ2v) is 6.16. The molecule has 0 radical (unpaired) electrons. The summed E-state index contributed by atoms with van der Waals surface area (Å²) in [5, 5.41) is 2.13. The van der Waals surface area contributed by atoms with E-state index in [4.69, 9.17) is 8.53 Å². The molecule has 4 heteroatoms. The van der Waals surface area contributed by atoms with Gasteiger partial charge in [-0.15, -0.1) is 0 Å². The van der Waals surface area contributed by atoms with Crippen molar-refractivity contribution in [1.82, 2.24) is 0 Å². The molecule has 0 fully saturated rings. The molecule has 0 unspecified atom stereocenters. The SMILES string of the molecule is [2H]C([2H])([2H])c1c[n+](C)c(N2C=c3c(oc4ccccc34)=CB2C)cc1C. The van der Waals surface area contributed by atoms with Gasteiger partial charge in [0.15, 0.2) is 0 Å². The summed E-state index contributed by atoms with van der Waals surface area (Å²) in [4.78, 5) is 2.15. The Morgan fingerprint density at radius 2 is 2.09 bits per heavy atom. The molecule has 1 aliphatic heterocycles. The zero-order valence-corrected chi connectivity index (χ0v) is 13.5. The lowest BCUT2D eigenvalue weighted by atomic mass is 9.62. The Labute approximate surface area is 140 Å². The quantitative estimate of drug-likeness (QED) is 0.507. The lowest BCUT2D eigenvalue weighted by Crippen LogP contribution is -2.47. The minimum atomic E-state index is -2.11. The van der Waals surface area contributed by atoms with E-state index in [-0.39, 0.29) is 6.85 Å². The Morgan fingerprint density at radius 1 is 1.26 bits per heavy atom. The van der Waals surface area contributed by atoms with Crippen LogP contribution in [0.1, 0.15) is 15.2 Å². The third-order valence-electron chi connectivity index (χ3n) is 4.48. The number of fused-ring (bicyclic) bond motifs is 3. The van der Waals surface area contributed by atoms with Crippen molar-refractivity contribution in [2.75, 3.05) is 4.81 Å². The molecule has 23 heavy (non-hydrogen) atoms. The third-order valence-corrected chi connectivity index (χ3v) is 4.48. The van der Waals surface area contributed by atoms with Crippen LogP contribution in [-0.4, -0.2) is 6.85 Å². The normalized spacial score (nSPS) is 16.2. The Bertz CT molecular complexity index is 1130. The predicted molar refractivity (Wildman–Crippen MR) is 95.6 cm³/mol. The molecule has 3 aromatic rings. The molecule has 0 N–H and O–H groups in total. The highest BCUT2D eigenvalue weighted by Crippen LogP contribution is 2.18. The average Bonchev–Trinajstić information content (AvgIpc) is 2.92. The number of hydrogen-bond donors (Lipinski definition) is 0. The van der Waals surface area contributed by atoms with E-state index >= 15 is 0 Å². The maximum atomic E-state index is 7.71. The monoisotopic (exact) mass is 306 g/mol. The van der Waals surface area contributed by atoms with Crippen molar-refractivity contribution in [3.8, 4) is 0 Å². The fourth-order valence-corrected chi connectivity index (χ4v) is 3.16. The topological polar surface area (TPSA) is 20.3 Å². The summed E-state index contributed by atoms with van der Waals surface area (Å²) >= 11 is 0. The van der Waals surface area contributed by atoms with Crippen molar-refractivity contribution < 1.29 is 13.1 Å². The lowest BCUT2D eigenvalue weighted by Gasteiger charge is -2.19. The van der Waals surface area contributed by atoms with Gasteiger partial charge in [0.2, 0.25) is 0 Å². The van der Waals surface area contributed by atoms with Gasteiger partial charge in [-0.05, 0) is 43.8 Å². The second kappa shape index (κ2) is 5.02. The van der Waals surface area contributed by atoms with E-state index in [1.54, 1.807) is 6.20 Å². The van der Waals surface area contributed by atoms with Crippen molar-refractivity contribution in [2.24, 2.45) is 7.05 Å². The van der Waals surface area contributed by atoms with E-state index in [2.05, 4.69) is 29.9 Å². The number of furan rings is 1. The molecule has 4 rings (SSSR count). The maximum absolute atomic E-state index is 7.71. The van der Waals surface area contributed by atoms with Gasteiger partial charge in [0, 0.05) is 15.6 Å². The summed E-state index contributed by atoms with van der Waals surface area (Å²) in [6, 6.07) is 9.94. The molecule has 3 nitrogen and oxygen atoms in total. The zero-order valence-electron chi connectivity index (χ0n) is 16.5. The molecule has 0 aliphatic carbocycles. The molecule has 0 atom stereocenters. The average molecular weight is 306 g/mol. The highest BCUT2D eigenvalue weighted by molar-refractivity contribution is 6.76. The van der Waals surface area contributed by atoms with E-state index in [1.165, 1.54) is 0 Å². The molecule has 0 spiro atoms. The molecule has 0 saturated carbocycles. The van der Waals surface area contributed by atoms with Crippen molar-refractivity contribution in [2.45, 2.75) is 20.6 Å². The number of pyridine rings is 1. The molecule has 0 bridgehead atoms. The number of benzene rings is 1. The van der Waals surface area contributed by atoms with Gasteiger partial charge in [-0.25, -0.2) is 4.57 Å². The van der Waals surface area contributed by atoms with Crippen LogP contribution in [0, 0.1) is 13.8 Å². The molecule has 1 aliphatic rings. The van der Waals surface area contributed by atoms with Gasteiger partial charge in [-0.2, -0.15) is 0 Å². The second-order valence-electron chi connectivity index (χ2n) is 6.16. The fraction of sp³-hybridized carbons (Fsp3) is 0.211. The molecule has 114 valence electrons. The van der Waals surface area contributed by atoms with E-state index in [9.17, 15) is 0 Å². The number of rotatable bonds is 1. The number of anilines is 1. The first-order valence-corrected chi connectivity index (χ1v) is 7.76. The van der Waals surface area contributed by atoms with Gasteiger partial charge >= 0.3 is 6.85 Å². The lowest BCUT2D eigenvalue weighted by molar-refractivity contribution is -0.658. The van der Waals surface area contributed by atoms with E-state index in [1.807, 2.05) is 42.8 Å². The van der Waals surface area contributed by atoms with E-state index < -0.39 is 6.85 Å². The van der Waals surface area contributed by atoms with Gasteiger partial charge in [-0.3, -0.25) is 4.81 Å². The number of para-hydroxylation sites is 1. The first-order valence-electron chi connectivity index (χ1n) is 9.26.